The molecule has 1 aliphatic rings. The molecule has 0 saturated heterocycles. The van der Waals surface area contributed by atoms with E-state index in [2.05, 4.69) is 22.5 Å². The lowest BCUT2D eigenvalue weighted by Gasteiger charge is -2.28. The second kappa shape index (κ2) is 9.25. The Labute approximate surface area is 128 Å². The van der Waals surface area contributed by atoms with Crippen LogP contribution in [-0.4, -0.2) is 59.2 Å². The summed E-state index contributed by atoms with van der Waals surface area (Å²) in [6.07, 6.45) is 6.18. The molecule has 0 radical (unpaired) electrons. The number of aliphatic imine (C=N–C) groups is 1. The molecule has 0 aliphatic heterocycles. The average molecular weight is 319 g/mol. The first-order valence-corrected chi connectivity index (χ1v) is 9.69. The number of ether oxygens (including phenoxy) is 1. The molecular weight excluding hydrogens is 290 g/mol. The summed E-state index contributed by atoms with van der Waals surface area (Å²) in [5.74, 6) is 1.63. The molecule has 6 nitrogen and oxygen atoms in total. The summed E-state index contributed by atoms with van der Waals surface area (Å²) < 4.78 is 27.2. The molecule has 124 valence electrons. The molecule has 2 unspecified atom stereocenters. The Kier molecular flexibility index (Phi) is 8.03. The number of guanidine groups is 1. The van der Waals surface area contributed by atoms with E-state index >= 15 is 0 Å². The molecule has 0 aromatic heterocycles. The van der Waals surface area contributed by atoms with Crippen LogP contribution in [0.5, 0.6) is 0 Å². The second-order valence-corrected chi connectivity index (χ2v) is 8.11. The van der Waals surface area contributed by atoms with E-state index in [1.165, 1.54) is 31.9 Å². The molecule has 0 bridgehead atoms. The highest BCUT2D eigenvalue weighted by Gasteiger charge is 2.19. The lowest BCUT2D eigenvalue weighted by Crippen LogP contribution is -2.45. The standard InChI is InChI=1S/C14H29N3O3S/c1-12-5-4-6-13(11-12)17-14(15-2)16-7-8-20-9-10-21(3,18)19/h12-13H,4-11H2,1-3H3,(H2,15,16,17). The average Bonchev–Trinajstić information content (AvgIpc) is 2.40. The first-order valence-electron chi connectivity index (χ1n) is 7.63. The topological polar surface area (TPSA) is 79.8 Å². The second-order valence-electron chi connectivity index (χ2n) is 5.85. The molecule has 1 aliphatic carbocycles. The largest absolute Gasteiger partial charge is 0.379 e. The minimum Gasteiger partial charge on any atom is -0.379 e. The molecular formula is C14H29N3O3S. The van der Waals surface area contributed by atoms with Crippen LogP contribution in [0.3, 0.4) is 0 Å². The molecule has 1 rings (SSSR count). The summed E-state index contributed by atoms with van der Waals surface area (Å²) in [6, 6.07) is 0.492. The normalized spacial score (nSPS) is 23.9. The Morgan fingerprint density at radius 2 is 2.10 bits per heavy atom. The molecule has 0 aromatic rings. The van der Waals surface area contributed by atoms with E-state index in [0.29, 0.717) is 19.2 Å². The van der Waals surface area contributed by atoms with Gasteiger partial charge in [0.1, 0.15) is 9.84 Å². The van der Waals surface area contributed by atoms with Crippen molar-refractivity contribution in [2.75, 3.05) is 38.8 Å². The molecule has 2 N–H and O–H groups in total. The number of rotatable bonds is 7. The van der Waals surface area contributed by atoms with Gasteiger partial charge in [-0.25, -0.2) is 8.42 Å². The number of hydrogen-bond acceptors (Lipinski definition) is 4. The predicted molar refractivity (Wildman–Crippen MR) is 86.4 cm³/mol. The zero-order chi connectivity index (χ0) is 15.7. The monoisotopic (exact) mass is 319 g/mol. The van der Waals surface area contributed by atoms with Crippen molar-refractivity contribution in [1.82, 2.24) is 10.6 Å². The lowest BCUT2D eigenvalue weighted by molar-refractivity contribution is 0.153. The van der Waals surface area contributed by atoms with E-state index in [-0.39, 0.29) is 12.4 Å². The summed E-state index contributed by atoms with van der Waals surface area (Å²) in [4.78, 5) is 4.21. The number of sulfone groups is 1. The third-order valence-electron chi connectivity index (χ3n) is 3.64. The van der Waals surface area contributed by atoms with Crippen LogP contribution in [0.4, 0.5) is 0 Å². The maximum absolute atomic E-state index is 10.9. The van der Waals surface area contributed by atoms with E-state index in [1.807, 2.05) is 0 Å². The summed E-state index contributed by atoms with van der Waals surface area (Å²) >= 11 is 0. The van der Waals surface area contributed by atoms with Gasteiger partial charge in [-0.2, -0.15) is 0 Å². The Balaban J connectivity index is 2.14. The van der Waals surface area contributed by atoms with Crippen LogP contribution >= 0.6 is 0 Å². The quantitative estimate of drug-likeness (QED) is 0.412. The van der Waals surface area contributed by atoms with Crippen molar-refractivity contribution in [1.29, 1.82) is 0 Å². The highest BCUT2D eigenvalue weighted by Crippen LogP contribution is 2.23. The van der Waals surface area contributed by atoms with E-state index in [4.69, 9.17) is 4.74 Å². The summed E-state index contributed by atoms with van der Waals surface area (Å²) in [5.41, 5.74) is 0. The van der Waals surface area contributed by atoms with Crippen LogP contribution < -0.4 is 10.6 Å². The molecule has 21 heavy (non-hydrogen) atoms. The maximum Gasteiger partial charge on any atom is 0.191 e. The molecule has 1 fully saturated rings. The highest BCUT2D eigenvalue weighted by atomic mass is 32.2. The summed E-state index contributed by atoms with van der Waals surface area (Å²) in [6.45, 7) is 3.62. The Morgan fingerprint density at radius 3 is 2.71 bits per heavy atom. The van der Waals surface area contributed by atoms with Crippen molar-refractivity contribution < 1.29 is 13.2 Å². The Morgan fingerprint density at radius 1 is 1.33 bits per heavy atom. The van der Waals surface area contributed by atoms with Gasteiger partial charge >= 0.3 is 0 Å². The molecule has 7 heteroatoms. The van der Waals surface area contributed by atoms with E-state index < -0.39 is 9.84 Å². The fourth-order valence-electron chi connectivity index (χ4n) is 2.51. The molecule has 1 saturated carbocycles. The van der Waals surface area contributed by atoms with Gasteiger partial charge in [0.15, 0.2) is 5.96 Å². The summed E-state index contributed by atoms with van der Waals surface area (Å²) in [7, 11) is -1.18. The van der Waals surface area contributed by atoms with Crippen LogP contribution in [0.25, 0.3) is 0 Å². The molecule has 0 aromatic carbocycles. The van der Waals surface area contributed by atoms with Crippen molar-refractivity contribution in [2.45, 2.75) is 38.6 Å². The lowest BCUT2D eigenvalue weighted by atomic mass is 9.87. The number of nitrogens with zero attached hydrogens (tertiary/aromatic N) is 1. The van der Waals surface area contributed by atoms with Crippen LogP contribution in [-0.2, 0) is 14.6 Å². The zero-order valence-electron chi connectivity index (χ0n) is 13.4. The molecule has 0 heterocycles. The first-order chi connectivity index (χ1) is 9.90. The predicted octanol–water partition coefficient (Wildman–Crippen LogP) is 0.791. The first kappa shape index (κ1) is 18.2. The Bertz CT molecular complexity index is 423. The number of nitrogens with one attached hydrogen (secondary N) is 2. The van der Waals surface area contributed by atoms with Crippen LogP contribution in [0.1, 0.15) is 32.6 Å². The van der Waals surface area contributed by atoms with Gasteiger partial charge in [-0.05, 0) is 18.8 Å². The van der Waals surface area contributed by atoms with Gasteiger partial charge in [0, 0.05) is 25.9 Å². The highest BCUT2D eigenvalue weighted by molar-refractivity contribution is 7.90. The van der Waals surface area contributed by atoms with Gasteiger partial charge in [-0.3, -0.25) is 4.99 Å². The van der Waals surface area contributed by atoms with Crippen LogP contribution in [0.2, 0.25) is 0 Å². The van der Waals surface area contributed by atoms with Gasteiger partial charge in [-0.15, -0.1) is 0 Å². The van der Waals surface area contributed by atoms with Crippen molar-refractivity contribution in [3.63, 3.8) is 0 Å². The van der Waals surface area contributed by atoms with Gasteiger partial charge in [-0.1, -0.05) is 19.8 Å². The van der Waals surface area contributed by atoms with E-state index in [9.17, 15) is 8.42 Å². The fraction of sp³-hybridized carbons (Fsp3) is 0.929. The minimum absolute atomic E-state index is 0.0694. The minimum atomic E-state index is -2.94. The van der Waals surface area contributed by atoms with Gasteiger partial charge in [0.25, 0.3) is 0 Å². The van der Waals surface area contributed by atoms with Gasteiger partial charge < -0.3 is 15.4 Å². The zero-order valence-corrected chi connectivity index (χ0v) is 14.2. The fourth-order valence-corrected chi connectivity index (χ4v) is 2.93. The number of hydrogen-bond donors (Lipinski definition) is 2. The molecule has 2 atom stereocenters. The van der Waals surface area contributed by atoms with Crippen molar-refractivity contribution >= 4 is 15.8 Å². The van der Waals surface area contributed by atoms with Gasteiger partial charge in [0.05, 0.1) is 19.0 Å². The molecule has 0 spiro atoms. The van der Waals surface area contributed by atoms with Gasteiger partial charge in [0.2, 0.25) is 0 Å². The summed E-state index contributed by atoms with van der Waals surface area (Å²) in [5, 5.41) is 6.63. The van der Waals surface area contributed by atoms with Crippen molar-refractivity contribution in [3.05, 3.63) is 0 Å². The third kappa shape index (κ3) is 8.93. The Hall–Kier alpha value is -0.820. The third-order valence-corrected chi connectivity index (χ3v) is 4.55. The molecule has 0 amide bonds. The smallest absolute Gasteiger partial charge is 0.191 e. The van der Waals surface area contributed by atoms with E-state index in [0.717, 1.165) is 11.9 Å². The van der Waals surface area contributed by atoms with E-state index in [1.54, 1.807) is 7.05 Å². The van der Waals surface area contributed by atoms with Crippen molar-refractivity contribution in [2.24, 2.45) is 10.9 Å². The maximum atomic E-state index is 10.9. The van der Waals surface area contributed by atoms with Crippen LogP contribution in [0.15, 0.2) is 4.99 Å². The van der Waals surface area contributed by atoms with Crippen LogP contribution in [0, 0.1) is 5.92 Å². The SMILES string of the molecule is CN=C(NCCOCCS(C)(=O)=O)NC1CCCC(C)C1. The van der Waals surface area contributed by atoms with Crippen molar-refractivity contribution in [3.8, 4) is 0 Å².